The fourth-order valence-electron chi connectivity index (χ4n) is 5.18. The van der Waals surface area contributed by atoms with Crippen LogP contribution in [0.4, 0.5) is 0 Å². The summed E-state index contributed by atoms with van der Waals surface area (Å²) in [5.41, 5.74) is 5.51. The smallest absolute Gasteiger partial charge is 0.221 e. The van der Waals surface area contributed by atoms with E-state index in [0.717, 1.165) is 34.1 Å². The van der Waals surface area contributed by atoms with E-state index in [-0.39, 0.29) is 18.2 Å². The van der Waals surface area contributed by atoms with Gasteiger partial charge in [-0.05, 0) is 40.5 Å². The summed E-state index contributed by atoms with van der Waals surface area (Å²) in [4.78, 5) is 13.2. The van der Waals surface area contributed by atoms with Crippen molar-refractivity contribution in [2.75, 3.05) is 27.4 Å². The Bertz CT molecular complexity index is 1560. The number of carbonyl (C=O) groups excluding carboxylic acids is 1. The second-order valence-corrected chi connectivity index (χ2v) is 10.00. The van der Waals surface area contributed by atoms with E-state index in [4.69, 9.17) is 14.2 Å². The Morgan fingerprint density at radius 2 is 1.54 bits per heavy atom. The topological polar surface area (TPSA) is 61.7 Å². The van der Waals surface area contributed by atoms with Crippen molar-refractivity contribution in [3.63, 3.8) is 0 Å². The molecule has 4 aromatic carbocycles. The summed E-state index contributed by atoms with van der Waals surface area (Å²) in [5, 5.41) is 4.13. The number of amides is 1. The van der Waals surface area contributed by atoms with Crippen LogP contribution in [0.1, 0.15) is 34.6 Å². The molecule has 0 bridgehead atoms. The first kappa shape index (κ1) is 28.0. The lowest BCUT2D eigenvalue weighted by atomic mass is 9.87. The van der Waals surface area contributed by atoms with Gasteiger partial charge in [-0.3, -0.25) is 4.79 Å². The summed E-state index contributed by atoms with van der Waals surface area (Å²) in [6.07, 6.45) is 2.48. The molecule has 1 aromatic heterocycles. The minimum Gasteiger partial charge on any atom is -0.493 e. The van der Waals surface area contributed by atoms with Crippen molar-refractivity contribution in [1.82, 2.24) is 9.88 Å². The second kappa shape index (κ2) is 13.7. The van der Waals surface area contributed by atoms with Crippen molar-refractivity contribution in [2.24, 2.45) is 0 Å². The van der Waals surface area contributed by atoms with Gasteiger partial charge >= 0.3 is 0 Å². The lowest BCUT2D eigenvalue weighted by molar-refractivity contribution is -0.121. The van der Waals surface area contributed by atoms with E-state index >= 15 is 0 Å². The van der Waals surface area contributed by atoms with Crippen molar-refractivity contribution >= 4 is 16.8 Å². The minimum atomic E-state index is -0.198. The molecule has 0 saturated heterocycles. The zero-order chi connectivity index (χ0) is 28.4. The molecule has 1 unspecified atom stereocenters. The SMILES string of the molecule is COCCNC(=O)CC(c1ccc(OCc2ccccc2)c(OC)c1)c1cn(Cc2ccccc2)c2ccccc12. The van der Waals surface area contributed by atoms with Gasteiger partial charge in [0.1, 0.15) is 6.61 Å². The molecule has 1 atom stereocenters. The highest BCUT2D eigenvalue weighted by Crippen LogP contribution is 2.39. The molecule has 1 amide bonds. The van der Waals surface area contributed by atoms with Gasteiger partial charge in [0.2, 0.25) is 5.91 Å². The Hall–Kier alpha value is -4.55. The molecule has 0 fully saturated rings. The van der Waals surface area contributed by atoms with Gasteiger partial charge in [0, 0.05) is 49.6 Å². The van der Waals surface area contributed by atoms with Crippen molar-refractivity contribution < 1.29 is 19.0 Å². The van der Waals surface area contributed by atoms with E-state index in [1.807, 2.05) is 54.6 Å². The summed E-state index contributed by atoms with van der Waals surface area (Å²) in [7, 11) is 3.27. The monoisotopic (exact) mass is 548 g/mol. The molecule has 210 valence electrons. The lowest BCUT2D eigenvalue weighted by Crippen LogP contribution is -2.28. The van der Waals surface area contributed by atoms with E-state index in [9.17, 15) is 4.79 Å². The van der Waals surface area contributed by atoms with Crippen LogP contribution < -0.4 is 14.8 Å². The first-order valence-electron chi connectivity index (χ1n) is 13.9. The van der Waals surface area contributed by atoms with Crippen LogP contribution in [-0.4, -0.2) is 37.8 Å². The first-order valence-corrected chi connectivity index (χ1v) is 13.9. The molecule has 0 aliphatic rings. The van der Waals surface area contributed by atoms with Gasteiger partial charge in [-0.25, -0.2) is 0 Å². The number of benzene rings is 4. The number of hydrogen-bond acceptors (Lipinski definition) is 4. The molecule has 0 aliphatic carbocycles. The average Bonchev–Trinajstić information content (AvgIpc) is 3.37. The second-order valence-electron chi connectivity index (χ2n) is 10.00. The normalized spacial score (nSPS) is 11.8. The molecule has 5 rings (SSSR count). The van der Waals surface area contributed by atoms with Crippen LogP contribution in [0.25, 0.3) is 10.9 Å². The maximum absolute atomic E-state index is 13.2. The zero-order valence-corrected chi connectivity index (χ0v) is 23.6. The van der Waals surface area contributed by atoms with E-state index in [1.54, 1.807) is 14.2 Å². The molecule has 41 heavy (non-hydrogen) atoms. The van der Waals surface area contributed by atoms with Crippen LogP contribution in [-0.2, 0) is 22.7 Å². The van der Waals surface area contributed by atoms with Gasteiger partial charge in [-0.1, -0.05) is 84.9 Å². The van der Waals surface area contributed by atoms with Crippen molar-refractivity contribution in [3.05, 3.63) is 132 Å². The number of para-hydroxylation sites is 1. The number of hydrogen-bond donors (Lipinski definition) is 1. The fourth-order valence-corrected chi connectivity index (χ4v) is 5.18. The van der Waals surface area contributed by atoms with Gasteiger partial charge in [0.15, 0.2) is 11.5 Å². The third kappa shape index (κ3) is 6.97. The molecule has 1 heterocycles. The molecular formula is C35H36N2O4. The van der Waals surface area contributed by atoms with Gasteiger partial charge in [0.05, 0.1) is 13.7 Å². The van der Waals surface area contributed by atoms with Crippen molar-refractivity contribution in [3.8, 4) is 11.5 Å². The number of nitrogens with one attached hydrogen (secondary N) is 1. The number of rotatable bonds is 13. The van der Waals surface area contributed by atoms with Crippen LogP contribution >= 0.6 is 0 Å². The molecule has 6 heteroatoms. The Balaban J connectivity index is 1.51. The number of nitrogens with zero attached hydrogens (tertiary/aromatic N) is 1. The Labute approximate surface area is 241 Å². The van der Waals surface area contributed by atoms with Crippen LogP contribution in [0.15, 0.2) is 109 Å². The Morgan fingerprint density at radius 1 is 0.829 bits per heavy atom. The van der Waals surface area contributed by atoms with Crippen LogP contribution in [0.2, 0.25) is 0 Å². The molecule has 0 spiro atoms. The van der Waals surface area contributed by atoms with Crippen LogP contribution in [0, 0.1) is 0 Å². The molecule has 1 N–H and O–H groups in total. The number of ether oxygens (including phenoxy) is 3. The average molecular weight is 549 g/mol. The largest absolute Gasteiger partial charge is 0.493 e. The standard InChI is InChI=1S/C35H36N2O4/c1-39-20-19-36-35(38)22-30(28-17-18-33(34(21-28)40-2)41-25-27-13-7-4-8-14-27)31-24-37(23-26-11-5-3-6-12-26)32-16-10-9-15-29(31)32/h3-18,21,24,30H,19-20,22-23,25H2,1-2H3,(H,36,38). The van der Waals surface area contributed by atoms with Crippen molar-refractivity contribution in [2.45, 2.75) is 25.5 Å². The number of carbonyl (C=O) groups is 1. The van der Waals surface area contributed by atoms with Crippen molar-refractivity contribution in [1.29, 1.82) is 0 Å². The predicted octanol–water partition coefficient (Wildman–Crippen LogP) is 6.56. The number of aromatic nitrogens is 1. The Morgan fingerprint density at radius 3 is 2.27 bits per heavy atom. The summed E-state index contributed by atoms with van der Waals surface area (Å²) in [5.74, 6) is 1.07. The van der Waals surface area contributed by atoms with Gasteiger partial charge in [-0.15, -0.1) is 0 Å². The maximum Gasteiger partial charge on any atom is 0.221 e. The Kier molecular flexibility index (Phi) is 9.34. The van der Waals surface area contributed by atoms with E-state index < -0.39 is 0 Å². The summed E-state index contributed by atoms with van der Waals surface area (Å²) >= 11 is 0. The van der Waals surface area contributed by atoms with Crippen LogP contribution in [0.5, 0.6) is 11.5 Å². The highest BCUT2D eigenvalue weighted by molar-refractivity contribution is 5.87. The molecule has 5 aromatic rings. The molecule has 0 aliphatic heterocycles. The van der Waals surface area contributed by atoms with Gasteiger partial charge in [-0.2, -0.15) is 0 Å². The highest BCUT2D eigenvalue weighted by atomic mass is 16.5. The maximum atomic E-state index is 13.2. The zero-order valence-electron chi connectivity index (χ0n) is 23.6. The summed E-state index contributed by atoms with van der Waals surface area (Å²) in [6.45, 7) is 2.11. The van der Waals surface area contributed by atoms with E-state index in [0.29, 0.717) is 31.3 Å². The van der Waals surface area contributed by atoms with Crippen LogP contribution in [0.3, 0.4) is 0 Å². The van der Waals surface area contributed by atoms with Gasteiger partial charge < -0.3 is 24.1 Å². The quantitative estimate of drug-likeness (QED) is 0.169. The fraction of sp³-hybridized carbons (Fsp3) is 0.229. The van der Waals surface area contributed by atoms with E-state index in [2.05, 4.69) is 64.6 Å². The molecular weight excluding hydrogens is 512 g/mol. The van der Waals surface area contributed by atoms with E-state index in [1.165, 1.54) is 5.56 Å². The summed E-state index contributed by atoms with van der Waals surface area (Å²) < 4.78 is 19.3. The van der Waals surface area contributed by atoms with Gasteiger partial charge in [0.25, 0.3) is 0 Å². The lowest BCUT2D eigenvalue weighted by Gasteiger charge is -2.19. The molecule has 0 saturated carbocycles. The minimum absolute atomic E-state index is 0.0321. The third-order valence-corrected chi connectivity index (χ3v) is 7.24. The molecule has 6 nitrogen and oxygen atoms in total. The first-order chi connectivity index (χ1) is 20.2. The predicted molar refractivity (Wildman–Crippen MR) is 163 cm³/mol. The molecule has 0 radical (unpaired) electrons. The summed E-state index contributed by atoms with van der Waals surface area (Å²) in [6, 6.07) is 34.8. The third-order valence-electron chi connectivity index (χ3n) is 7.24. The highest BCUT2D eigenvalue weighted by Gasteiger charge is 2.24. The number of fused-ring (bicyclic) bond motifs is 1. The number of methoxy groups -OCH3 is 2.